The van der Waals surface area contributed by atoms with Crippen LogP contribution in [0.25, 0.3) is 10.8 Å². The molecule has 1 atom stereocenters. The van der Waals surface area contributed by atoms with Crippen molar-refractivity contribution in [3.63, 3.8) is 0 Å². The van der Waals surface area contributed by atoms with E-state index in [4.69, 9.17) is 9.47 Å². The first-order valence-corrected chi connectivity index (χ1v) is 6.89. The van der Waals surface area contributed by atoms with Crippen LogP contribution in [0, 0.1) is 5.92 Å². The van der Waals surface area contributed by atoms with Crippen molar-refractivity contribution in [2.75, 3.05) is 14.2 Å². The zero-order valence-electron chi connectivity index (χ0n) is 12.6. The van der Waals surface area contributed by atoms with E-state index in [0.29, 0.717) is 0 Å². The summed E-state index contributed by atoms with van der Waals surface area (Å²) in [7, 11) is 2.50. The van der Waals surface area contributed by atoms with E-state index < -0.39 is 23.8 Å². The minimum absolute atomic E-state index is 0.510. The fraction of sp³-hybridized carbons (Fsp3) is 0.222. The summed E-state index contributed by atoms with van der Waals surface area (Å²) in [6, 6.07) is 13.6. The molecule has 2 aromatic rings. The van der Waals surface area contributed by atoms with E-state index in [0.717, 1.165) is 16.3 Å². The lowest BCUT2D eigenvalue weighted by Crippen LogP contribution is -2.31. The van der Waals surface area contributed by atoms with Crippen LogP contribution in [-0.2, 0) is 19.1 Å². The Morgan fingerprint density at radius 2 is 1.59 bits per heavy atom. The Labute approximate surface area is 129 Å². The fourth-order valence-electron chi connectivity index (χ4n) is 2.52. The SMILES string of the molecule is C=C[C@@H](c1ccc2ccccc2c1)C(C(=O)OC)C(=O)OC. The van der Waals surface area contributed by atoms with Gasteiger partial charge in [0.2, 0.25) is 0 Å². The van der Waals surface area contributed by atoms with Gasteiger partial charge in [0, 0.05) is 5.92 Å². The van der Waals surface area contributed by atoms with Gasteiger partial charge < -0.3 is 9.47 Å². The molecule has 4 heteroatoms. The van der Waals surface area contributed by atoms with Crippen LogP contribution in [0.1, 0.15) is 11.5 Å². The number of hydrogen-bond donors (Lipinski definition) is 0. The lowest BCUT2D eigenvalue weighted by molar-refractivity contribution is -0.159. The summed E-state index contributed by atoms with van der Waals surface area (Å²) in [6.07, 6.45) is 1.57. The molecular formula is C18H18O4. The fourth-order valence-corrected chi connectivity index (χ4v) is 2.52. The van der Waals surface area contributed by atoms with Gasteiger partial charge >= 0.3 is 11.9 Å². The summed E-state index contributed by atoms with van der Waals surface area (Å²) < 4.78 is 9.48. The second-order valence-corrected chi connectivity index (χ2v) is 4.89. The van der Waals surface area contributed by atoms with Crippen molar-refractivity contribution in [3.05, 3.63) is 60.7 Å². The average Bonchev–Trinajstić information content (AvgIpc) is 2.57. The van der Waals surface area contributed by atoms with Crippen LogP contribution >= 0.6 is 0 Å². The highest BCUT2D eigenvalue weighted by molar-refractivity contribution is 5.96. The Kier molecular flexibility index (Phi) is 4.94. The molecular weight excluding hydrogens is 280 g/mol. The molecule has 2 aromatic carbocycles. The number of carbonyl (C=O) groups is 2. The number of allylic oxidation sites excluding steroid dienone is 1. The van der Waals surface area contributed by atoms with Gasteiger partial charge in [0.05, 0.1) is 14.2 Å². The molecule has 2 rings (SSSR count). The zero-order chi connectivity index (χ0) is 16.1. The Morgan fingerprint density at radius 1 is 1.00 bits per heavy atom. The number of esters is 2. The highest BCUT2D eigenvalue weighted by Gasteiger charge is 2.36. The molecule has 0 fully saturated rings. The van der Waals surface area contributed by atoms with Gasteiger partial charge in [0.1, 0.15) is 0 Å². The van der Waals surface area contributed by atoms with Gasteiger partial charge in [-0.3, -0.25) is 9.59 Å². The number of methoxy groups -OCH3 is 2. The van der Waals surface area contributed by atoms with Crippen LogP contribution in [0.15, 0.2) is 55.1 Å². The van der Waals surface area contributed by atoms with E-state index in [9.17, 15) is 9.59 Å². The maximum absolute atomic E-state index is 12.0. The Hall–Kier alpha value is -2.62. The third kappa shape index (κ3) is 3.01. The van der Waals surface area contributed by atoms with Crippen molar-refractivity contribution >= 4 is 22.7 Å². The molecule has 0 aliphatic rings. The van der Waals surface area contributed by atoms with Gasteiger partial charge in [-0.05, 0) is 16.3 Å². The number of benzene rings is 2. The molecule has 0 saturated heterocycles. The van der Waals surface area contributed by atoms with Crippen molar-refractivity contribution in [2.45, 2.75) is 5.92 Å². The summed E-state index contributed by atoms with van der Waals surface area (Å²) in [5, 5.41) is 2.11. The summed E-state index contributed by atoms with van der Waals surface area (Å²) in [4.78, 5) is 24.0. The highest BCUT2D eigenvalue weighted by Crippen LogP contribution is 2.30. The average molecular weight is 298 g/mol. The second-order valence-electron chi connectivity index (χ2n) is 4.89. The smallest absolute Gasteiger partial charge is 0.321 e. The molecule has 0 N–H and O–H groups in total. The number of rotatable bonds is 5. The van der Waals surface area contributed by atoms with Crippen LogP contribution in [0.3, 0.4) is 0 Å². The molecule has 0 aromatic heterocycles. The van der Waals surface area contributed by atoms with E-state index in [-0.39, 0.29) is 0 Å². The van der Waals surface area contributed by atoms with E-state index in [2.05, 4.69) is 6.58 Å². The molecule has 0 heterocycles. The lowest BCUT2D eigenvalue weighted by atomic mass is 9.85. The Balaban J connectivity index is 2.48. The van der Waals surface area contributed by atoms with E-state index in [1.807, 2.05) is 42.5 Å². The number of ether oxygens (including phenoxy) is 2. The third-order valence-electron chi connectivity index (χ3n) is 3.68. The molecule has 0 unspecified atom stereocenters. The van der Waals surface area contributed by atoms with Gasteiger partial charge in [0.25, 0.3) is 0 Å². The molecule has 22 heavy (non-hydrogen) atoms. The lowest BCUT2D eigenvalue weighted by Gasteiger charge is -2.21. The van der Waals surface area contributed by atoms with Crippen molar-refractivity contribution in [1.82, 2.24) is 0 Å². The first-order chi connectivity index (χ1) is 10.6. The van der Waals surface area contributed by atoms with Crippen LogP contribution in [-0.4, -0.2) is 26.2 Å². The van der Waals surface area contributed by atoms with Gasteiger partial charge in [-0.25, -0.2) is 0 Å². The molecule has 0 radical (unpaired) electrons. The molecule has 0 spiro atoms. The quantitative estimate of drug-likeness (QED) is 0.483. The molecule has 114 valence electrons. The second kappa shape index (κ2) is 6.89. The molecule has 0 aliphatic carbocycles. The van der Waals surface area contributed by atoms with E-state index in [1.54, 1.807) is 6.08 Å². The predicted octanol–water partition coefficient (Wildman–Crippen LogP) is 3.07. The normalized spacial score (nSPS) is 12.0. The highest BCUT2D eigenvalue weighted by atomic mass is 16.5. The maximum Gasteiger partial charge on any atom is 0.321 e. The summed E-state index contributed by atoms with van der Waals surface area (Å²) in [5.74, 6) is -2.84. The predicted molar refractivity (Wildman–Crippen MR) is 84.4 cm³/mol. The molecule has 0 bridgehead atoms. The maximum atomic E-state index is 12.0. The van der Waals surface area contributed by atoms with Crippen LogP contribution in [0.4, 0.5) is 0 Å². The topological polar surface area (TPSA) is 52.6 Å². The Bertz CT molecular complexity index is 689. The molecule has 4 nitrogen and oxygen atoms in total. The summed E-state index contributed by atoms with van der Waals surface area (Å²) in [5.41, 5.74) is 0.814. The minimum Gasteiger partial charge on any atom is -0.468 e. The van der Waals surface area contributed by atoms with Crippen molar-refractivity contribution in [1.29, 1.82) is 0 Å². The van der Waals surface area contributed by atoms with Gasteiger partial charge in [-0.1, -0.05) is 48.5 Å². The van der Waals surface area contributed by atoms with Gasteiger partial charge in [-0.2, -0.15) is 0 Å². The van der Waals surface area contributed by atoms with E-state index >= 15 is 0 Å². The van der Waals surface area contributed by atoms with Gasteiger partial charge in [-0.15, -0.1) is 6.58 Å². The summed E-state index contributed by atoms with van der Waals surface area (Å²) >= 11 is 0. The summed E-state index contributed by atoms with van der Waals surface area (Å²) in [6.45, 7) is 3.76. The largest absolute Gasteiger partial charge is 0.468 e. The van der Waals surface area contributed by atoms with Crippen LogP contribution in [0.5, 0.6) is 0 Å². The number of hydrogen-bond acceptors (Lipinski definition) is 4. The first kappa shape index (κ1) is 15.8. The molecule has 0 aliphatic heterocycles. The van der Waals surface area contributed by atoms with Crippen molar-refractivity contribution < 1.29 is 19.1 Å². The number of carbonyl (C=O) groups excluding carboxylic acids is 2. The zero-order valence-corrected chi connectivity index (χ0v) is 12.6. The minimum atomic E-state index is -1.06. The Morgan fingerprint density at radius 3 is 2.14 bits per heavy atom. The third-order valence-corrected chi connectivity index (χ3v) is 3.68. The standard InChI is InChI=1S/C18H18O4/c1-4-15(16(17(19)21-2)18(20)22-3)14-10-9-12-7-5-6-8-13(12)11-14/h4-11,15-16H,1H2,2-3H3/t15-/m0/s1. The monoisotopic (exact) mass is 298 g/mol. The van der Waals surface area contributed by atoms with Gasteiger partial charge in [0.15, 0.2) is 5.92 Å². The van der Waals surface area contributed by atoms with Crippen LogP contribution in [0.2, 0.25) is 0 Å². The molecule has 0 amide bonds. The first-order valence-electron chi connectivity index (χ1n) is 6.89. The molecule has 0 saturated carbocycles. The van der Waals surface area contributed by atoms with Crippen molar-refractivity contribution in [3.8, 4) is 0 Å². The van der Waals surface area contributed by atoms with Crippen LogP contribution < -0.4 is 0 Å². The van der Waals surface area contributed by atoms with E-state index in [1.165, 1.54) is 14.2 Å². The van der Waals surface area contributed by atoms with Crippen molar-refractivity contribution in [2.24, 2.45) is 5.92 Å². The number of fused-ring (bicyclic) bond motifs is 1.